The number of esters is 1. The van der Waals surface area contributed by atoms with Crippen molar-refractivity contribution in [3.05, 3.63) is 53.9 Å². The molecule has 3 rings (SSSR count). The summed E-state index contributed by atoms with van der Waals surface area (Å²) in [5.74, 6) is 0.0636. The van der Waals surface area contributed by atoms with E-state index >= 15 is 0 Å². The van der Waals surface area contributed by atoms with Gasteiger partial charge < -0.3 is 10.1 Å². The lowest BCUT2D eigenvalue weighted by atomic mass is 9.82. The third-order valence-electron chi connectivity index (χ3n) is 5.63. The summed E-state index contributed by atoms with van der Waals surface area (Å²) in [6, 6.07) is 9.07. The number of amides is 1. The Morgan fingerprint density at radius 2 is 1.89 bits per heavy atom. The standard InChI is InChI=1S/C22H26N2O3/c1-22(2)10-4-5-19(22)14-24-20(25)16-8-6-15(7-9-16)17-11-18(13-23-12-17)21(26)27-3/h6-9,11-13,19H,4-5,10,14H2,1-3H3,(H,24,25). The summed E-state index contributed by atoms with van der Waals surface area (Å²) in [7, 11) is 1.34. The molecule has 142 valence electrons. The van der Waals surface area contributed by atoms with Crippen LogP contribution < -0.4 is 5.32 Å². The maximum absolute atomic E-state index is 12.5. The van der Waals surface area contributed by atoms with Crippen molar-refractivity contribution in [2.75, 3.05) is 13.7 Å². The highest BCUT2D eigenvalue weighted by molar-refractivity contribution is 5.95. The minimum Gasteiger partial charge on any atom is -0.465 e. The van der Waals surface area contributed by atoms with E-state index in [-0.39, 0.29) is 5.91 Å². The Morgan fingerprint density at radius 3 is 2.52 bits per heavy atom. The second-order valence-corrected chi connectivity index (χ2v) is 7.82. The van der Waals surface area contributed by atoms with Gasteiger partial charge >= 0.3 is 5.97 Å². The van der Waals surface area contributed by atoms with Gasteiger partial charge in [0.15, 0.2) is 0 Å². The predicted molar refractivity (Wildman–Crippen MR) is 104 cm³/mol. The Labute approximate surface area is 160 Å². The van der Waals surface area contributed by atoms with Gasteiger partial charge in [0.2, 0.25) is 0 Å². The number of pyridine rings is 1. The first-order valence-corrected chi connectivity index (χ1v) is 9.33. The highest BCUT2D eigenvalue weighted by Gasteiger charge is 2.34. The van der Waals surface area contributed by atoms with Crippen molar-refractivity contribution in [1.82, 2.24) is 10.3 Å². The SMILES string of the molecule is COC(=O)c1cncc(-c2ccc(C(=O)NCC3CCCC3(C)C)cc2)c1. The van der Waals surface area contributed by atoms with Gasteiger partial charge in [0.1, 0.15) is 0 Å². The Kier molecular flexibility index (Phi) is 5.59. The Balaban J connectivity index is 1.66. The smallest absolute Gasteiger partial charge is 0.339 e. The number of hydrogen-bond donors (Lipinski definition) is 1. The van der Waals surface area contributed by atoms with Crippen molar-refractivity contribution in [2.45, 2.75) is 33.1 Å². The molecule has 5 heteroatoms. The summed E-state index contributed by atoms with van der Waals surface area (Å²) >= 11 is 0. The normalized spacial score (nSPS) is 18.1. The molecule has 0 spiro atoms. The van der Waals surface area contributed by atoms with Crippen LogP contribution in [0.25, 0.3) is 11.1 Å². The highest BCUT2D eigenvalue weighted by atomic mass is 16.5. The number of benzene rings is 1. The second kappa shape index (κ2) is 7.91. The van der Waals surface area contributed by atoms with Gasteiger partial charge in [0.25, 0.3) is 5.91 Å². The summed E-state index contributed by atoms with van der Waals surface area (Å²) in [6.07, 6.45) is 6.79. The molecule has 1 aliphatic rings. The van der Waals surface area contributed by atoms with Crippen molar-refractivity contribution in [2.24, 2.45) is 11.3 Å². The number of ether oxygens (including phenoxy) is 1. The zero-order valence-corrected chi connectivity index (χ0v) is 16.1. The van der Waals surface area contributed by atoms with Crippen LogP contribution in [-0.2, 0) is 4.74 Å². The number of carbonyl (C=O) groups excluding carboxylic acids is 2. The summed E-state index contributed by atoms with van der Waals surface area (Å²) < 4.78 is 4.73. The van der Waals surface area contributed by atoms with E-state index in [1.807, 2.05) is 12.1 Å². The summed E-state index contributed by atoms with van der Waals surface area (Å²) in [4.78, 5) is 28.2. The van der Waals surface area contributed by atoms with E-state index in [0.29, 0.717) is 22.5 Å². The van der Waals surface area contributed by atoms with Crippen LogP contribution in [0.1, 0.15) is 53.8 Å². The first-order chi connectivity index (χ1) is 12.9. The van der Waals surface area contributed by atoms with Gasteiger partial charge in [-0.05, 0) is 47.9 Å². The fraction of sp³-hybridized carbons (Fsp3) is 0.409. The minimum atomic E-state index is -0.421. The van der Waals surface area contributed by atoms with E-state index < -0.39 is 5.97 Å². The quantitative estimate of drug-likeness (QED) is 0.809. The molecular formula is C22H26N2O3. The molecule has 1 amide bonds. The van der Waals surface area contributed by atoms with Crippen LogP contribution in [-0.4, -0.2) is 30.5 Å². The van der Waals surface area contributed by atoms with Crippen LogP contribution >= 0.6 is 0 Å². The molecule has 1 aliphatic carbocycles. The van der Waals surface area contributed by atoms with E-state index in [9.17, 15) is 9.59 Å². The molecule has 1 aromatic carbocycles. The van der Waals surface area contributed by atoms with Crippen molar-refractivity contribution >= 4 is 11.9 Å². The molecule has 27 heavy (non-hydrogen) atoms. The molecule has 1 unspecified atom stereocenters. The summed E-state index contributed by atoms with van der Waals surface area (Å²) in [5.41, 5.74) is 3.02. The van der Waals surface area contributed by atoms with Gasteiger partial charge in [-0.2, -0.15) is 0 Å². The lowest BCUT2D eigenvalue weighted by molar-refractivity contribution is 0.0600. The third-order valence-corrected chi connectivity index (χ3v) is 5.63. The van der Waals surface area contributed by atoms with Crippen LogP contribution in [0.3, 0.4) is 0 Å². The van der Waals surface area contributed by atoms with Crippen LogP contribution in [0.4, 0.5) is 0 Å². The Morgan fingerprint density at radius 1 is 1.15 bits per heavy atom. The van der Waals surface area contributed by atoms with Crippen molar-refractivity contribution in [1.29, 1.82) is 0 Å². The average Bonchev–Trinajstić information content (AvgIpc) is 3.03. The molecule has 0 radical (unpaired) electrons. The molecule has 5 nitrogen and oxygen atoms in total. The van der Waals surface area contributed by atoms with E-state index in [1.54, 1.807) is 24.4 Å². The first-order valence-electron chi connectivity index (χ1n) is 9.33. The van der Waals surface area contributed by atoms with Crippen molar-refractivity contribution in [3.8, 4) is 11.1 Å². The maximum atomic E-state index is 12.5. The second-order valence-electron chi connectivity index (χ2n) is 7.82. The average molecular weight is 366 g/mol. The van der Waals surface area contributed by atoms with Crippen molar-refractivity contribution in [3.63, 3.8) is 0 Å². The van der Waals surface area contributed by atoms with Crippen LogP contribution in [0.2, 0.25) is 0 Å². The fourth-order valence-corrected chi connectivity index (χ4v) is 3.74. The third kappa shape index (κ3) is 4.35. The van der Waals surface area contributed by atoms with Crippen LogP contribution in [0, 0.1) is 11.3 Å². The van der Waals surface area contributed by atoms with E-state index in [1.165, 1.54) is 32.6 Å². The molecule has 2 aromatic rings. The molecule has 0 aliphatic heterocycles. The maximum Gasteiger partial charge on any atom is 0.339 e. The predicted octanol–water partition coefficient (Wildman–Crippen LogP) is 4.09. The topological polar surface area (TPSA) is 68.3 Å². The molecule has 1 aromatic heterocycles. The van der Waals surface area contributed by atoms with Gasteiger partial charge in [-0.15, -0.1) is 0 Å². The summed E-state index contributed by atoms with van der Waals surface area (Å²) in [6.45, 7) is 5.28. The first kappa shape index (κ1) is 19.1. The number of methoxy groups -OCH3 is 1. The molecule has 1 saturated carbocycles. The number of rotatable bonds is 5. The Hall–Kier alpha value is -2.69. The monoisotopic (exact) mass is 366 g/mol. The zero-order chi connectivity index (χ0) is 19.4. The fourth-order valence-electron chi connectivity index (χ4n) is 3.74. The van der Waals surface area contributed by atoms with Gasteiger partial charge in [-0.1, -0.05) is 32.4 Å². The van der Waals surface area contributed by atoms with Crippen LogP contribution in [0.5, 0.6) is 0 Å². The Bertz CT molecular complexity index is 828. The lowest BCUT2D eigenvalue weighted by Gasteiger charge is -2.27. The largest absolute Gasteiger partial charge is 0.465 e. The van der Waals surface area contributed by atoms with E-state index in [4.69, 9.17) is 4.74 Å². The lowest BCUT2D eigenvalue weighted by Crippen LogP contribution is -2.33. The van der Waals surface area contributed by atoms with Crippen molar-refractivity contribution < 1.29 is 14.3 Å². The molecular weight excluding hydrogens is 340 g/mol. The molecule has 0 bridgehead atoms. The molecule has 0 saturated heterocycles. The molecule has 1 atom stereocenters. The van der Waals surface area contributed by atoms with Gasteiger partial charge in [-0.25, -0.2) is 4.79 Å². The summed E-state index contributed by atoms with van der Waals surface area (Å²) in [5, 5.41) is 3.07. The van der Waals surface area contributed by atoms with Gasteiger partial charge in [0.05, 0.1) is 12.7 Å². The number of carbonyl (C=O) groups is 2. The minimum absolute atomic E-state index is 0.0503. The van der Waals surface area contributed by atoms with E-state index in [2.05, 4.69) is 24.1 Å². The number of nitrogens with one attached hydrogen (secondary N) is 1. The van der Waals surface area contributed by atoms with Gasteiger partial charge in [0, 0.05) is 30.1 Å². The molecule has 1 N–H and O–H groups in total. The number of nitrogens with zero attached hydrogens (tertiary/aromatic N) is 1. The number of hydrogen-bond acceptors (Lipinski definition) is 4. The van der Waals surface area contributed by atoms with Gasteiger partial charge in [-0.3, -0.25) is 9.78 Å². The highest BCUT2D eigenvalue weighted by Crippen LogP contribution is 2.42. The zero-order valence-electron chi connectivity index (χ0n) is 16.1. The molecule has 1 fully saturated rings. The molecule has 1 heterocycles. The van der Waals surface area contributed by atoms with Crippen LogP contribution in [0.15, 0.2) is 42.7 Å². The number of aromatic nitrogens is 1. The van der Waals surface area contributed by atoms with E-state index in [0.717, 1.165) is 17.7 Å².